The quantitative estimate of drug-likeness (QED) is 0.333. The number of guanidine groups is 1. The number of benzene rings is 1. The van der Waals surface area contributed by atoms with E-state index in [4.69, 9.17) is 4.74 Å². The second-order valence-corrected chi connectivity index (χ2v) is 8.82. The number of aryl methyl sites for hydroxylation is 1. The van der Waals surface area contributed by atoms with Gasteiger partial charge in [0.05, 0.1) is 11.5 Å². The van der Waals surface area contributed by atoms with Gasteiger partial charge in [-0.3, -0.25) is 4.99 Å². The minimum absolute atomic E-state index is 0. The van der Waals surface area contributed by atoms with Gasteiger partial charge in [0.1, 0.15) is 5.75 Å². The number of hydrogen-bond donors (Lipinski definition) is 2. The molecule has 0 bridgehead atoms. The molecule has 1 unspecified atom stereocenters. The first-order chi connectivity index (χ1) is 12.6. The largest absolute Gasteiger partial charge is 0.484 e. The molecule has 0 aromatic heterocycles. The normalized spacial score (nSPS) is 19.0. The summed E-state index contributed by atoms with van der Waals surface area (Å²) in [6.07, 6.45) is -3.80. The highest BCUT2D eigenvalue weighted by Gasteiger charge is 2.29. The maximum Gasteiger partial charge on any atom is 0.422 e. The van der Waals surface area contributed by atoms with Gasteiger partial charge in [-0.2, -0.15) is 13.2 Å². The molecule has 1 heterocycles. The van der Waals surface area contributed by atoms with Crippen molar-refractivity contribution in [1.82, 2.24) is 10.6 Å². The number of nitrogens with one attached hydrogen (secondary N) is 2. The number of ether oxygens (including phenoxy) is 1. The lowest BCUT2D eigenvalue weighted by Gasteiger charge is -2.17. The molecule has 2 rings (SSSR count). The molecule has 0 radical (unpaired) electrons. The maximum atomic E-state index is 12.4. The van der Waals surface area contributed by atoms with Crippen LogP contribution in [0.2, 0.25) is 0 Å². The van der Waals surface area contributed by atoms with Gasteiger partial charge >= 0.3 is 6.18 Å². The van der Waals surface area contributed by atoms with Crippen LogP contribution in [0.4, 0.5) is 13.2 Å². The Morgan fingerprint density at radius 2 is 2.04 bits per heavy atom. The Morgan fingerprint density at radius 3 is 2.61 bits per heavy atom. The molecule has 2 N–H and O–H groups in total. The van der Waals surface area contributed by atoms with Crippen LogP contribution in [0.5, 0.6) is 5.75 Å². The minimum Gasteiger partial charge on any atom is -0.484 e. The second kappa shape index (κ2) is 10.5. The van der Waals surface area contributed by atoms with Gasteiger partial charge in [0, 0.05) is 25.7 Å². The molecule has 11 heteroatoms. The first kappa shape index (κ1) is 24.8. The zero-order chi connectivity index (χ0) is 20.1. The van der Waals surface area contributed by atoms with Crippen molar-refractivity contribution in [2.45, 2.75) is 26.1 Å². The highest BCUT2D eigenvalue weighted by molar-refractivity contribution is 14.0. The van der Waals surface area contributed by atoms with Crippen molar-refractivity contribution >= 4 is 39.8 Å². The lowest BCUT2D eigenvalue weighted by Crippen LogP contribution is -2.39. The molecule has 0 aliphatic carbocycles. The van der Waals surface area contributed by atoms with Crippen LogP contribution in [0.25, 0.3) is 0 Å². The molecule has 1 fully saturated rings. The number of rotatable bonds is 6. The van der Waals surface area contributed by atoms with E-state index in [9.17, 15) is 21.6 Å². The van der Waals surface area contributed by atoms with Crippen LogP contribution < -0.4 is 15.4 Å². The predicted octanol–water partition coefficient (Wildman–Crippen LogP) is 2.65. The summed E-state index contributed by atoms with van der Waals surface area (Å²) in [6.45, 7) is 1.10. The summed E-state index contributed by atoms with van der Waals surface area (Å²) in [7, 11) is -1.38. The number of alkyl halides is 3. The molecule has 1 saturated heterocycles. The minimum atomic E-state index is -4.41. The topological polar surface area (TPSA) is 79.8 Å². The highest BCUT2D eigenvalue weighted by atomic mass is 127. The third-order valence-electron chi connectivity index (χ3n) is 4.17. The van der Waals surface area contributed by atoms with Crippen molar-refractivity contribution in [2.24, 2.45) is 10.9 Å². The fourth-order valence-corrected chi connectivity index (χ4v) is 4.64. The third-order valence-corrected chi connectivity index (χ3v) is 6.01. The van der Waals surface area contributed by atoms with Crippen LogP contribution in [-0.4, -0.2) is 52.3 Å². The van der Waals surface area contributed by atoms with Crippen molar-refractivity contribution in [3.05, 3.63) is 29.3 Å². The van der Waals surface area contributed by atoms with Crippen LogP contribution in [0.15, 0.2) is 23.2 Å². The average Bonchev–Trinajstić information content (AvgIpc) is 2.92. The molecule has 0 amide bonds. The molecule has 1 aromatic carbocycles. The van der Waals surface area contributed by atoms with E-state index in [2.05, 4.69) is 15.6 Å². The van der Waals surface area contributed by atoms with E-state index in [0.29, 0.717) is 24.5 Å². The van der Waals surface area contributed by atoms with E-state index in [1.807, 2.05) is 0 Å². The van der Waals surface area contributed by atoms with Crippen molar-refractivity contribution in [3.8, 4) is 5.75 Å². The van der Waals surface area contributed by atoms with Crippen LogP contribution in [0.3, 0.4) is 0 Å². The smallest absolute Gasteiger partial charge is 0.422 e. The molecular weight excluding hydrogens is 510 g/mol. The summed E-state index contributed by atoms with van der Waals surface area (Å²) >= 11 is 0. The molecule has 1 aliphatic heterocycles. The summed E-state index contributed by atoms with van der Waals surface area (Å²) in [6, 6.07) is 5.05. The second-order valence-electron chi connectivity index (χ2n) is 6.59. The third kappa shape index (κ3) is 8.41. The van der Waals surface area contributed by atoms with Crippen LogP contribution in [0, 0.1) is 12.8 Å². The number of sulfone groups is 1. The van der Waals surface area contributed by atoms with Gasteiger partial charge in [-0.25, -0.2) is 8.42 Å². The molecule has 1 aliphatic rings. The van der Waals surface area contributed by atoms with Gasteiger partial charge in [0.15, 0.2) is 22.4 Å². The van der Waals surface area contributed by atoms with Gasteiger partial charge in [-0.05, 0) is 30.9 Å². The molecule has 1 atom stereocenters. The Kier molecular flexibility index (Phi) is 9.31. The van der Waals surface area contributed by atoms with Crippen molar-refractivity contribution in [3.63, 3.8) is 0 Å². The van der Waals surface area contributed by atoms with E-state index < -0.39 is 22.6 Å². The van der Waals surface area contributed by atoms with Crippen LogP contribution >= 0.6 is 24.0 Å². The first-order valence-electron chi connectivity index (χ1n) is 8.52. The summed E-state index contributed by atoms with van der Waals surface area (Å²) in [5.74, 6) is 0.997. The van der Waals surface area contributed by atoms with Gasteiger partial charge < -0.3 is 15.4 Å². The van der Waals surface area contributed by atoms with Crippen molar-refractivity contribution in [1.29, 1.82) is 0 Å². The number of halogens is 4. The van der Waals surface area contributed by atoms with E-state index in [1.54, 1.807) is 32.2 Å². The average molecular weight is 535 g/mol. The fraction of sp³-hybridized carbons (Fsp3) is 0.588. The van der Waals surface area contributed by atoms with Gasteiger partial charge in [-0.15, -0.1) is 24.0 Å². The van der Waals surface area contributed by atoms with E-state index >= 15 is 0 Å². The molecule has 160 valence electrons. The highest BCUT2D eigenvalue weighted by Crippen LogP contribution is 2.23. The zero-order valence-corrected chi connectivity index (χ0v) is 18.8. The molecular formula is C17H25F3IN3O3S. The van der Waals surface area contributed by atoms with Crippen molar-refractivity contribution in [2.75, 3.05) is 31.7 Å². The summed E-state index contributed by atoms with van der Waals surface area (Å²) < 4.78 is 65.2. The summed E-state index contributed by atoms with van der Waals surface area (Å²) in [5, 5.41) is 6.08. The molecule has 0 saturated carbocycles. The monoisotopic (exact) mass is 535 g/mol. The molecule has 6 nitrogen and oxygen atoms in total. The maximum absolute atomic E-state index is 12.4. The van der Waals surface area contributed by atoms with Gasteiger partial charge in [0.2, 0.25) is 0 Å². The van der Waals surface area contributed by atoms with E-state index in [-0.39, 0.29) is 53.7 Å². The number of aliphatic imine (C=N–C) groups is 1. The lowest BCUT2D eigenvalue weighted by atomic mass is 10.1. The molecule has 1 aromatic rings. The van der Waals surface area contributed by atoms with Gasteiger partial charge in [-0.1, -0.05) is 12.1 Å². The van der Waals surface area contributed by atoms with Gasteiger partial charge in [0.25, 0.3) is 0 Å². The van der Waals surface area contributed by atoms with Crippen molar-refractivity contribution < 1.29 is 26.3 Å². The molecule has 28 heavy (non-hydrogen) atoms. The lowest BCUT2D eigenvalue weighted by molar-refractivity contribution is -0.153. The summed E-state index contributed by atoms with van der Waals surface area (Å²) in [4.78, 5) is 4.06. The predicted molar refractivity (Wildman–Crippen MR) is 113 cm³/mol. The Labute approximate surface area is 180 Å². The molecule has 0 spiro atoms. The van der Waals surface area contributed by atoms with Crippen LogP contribution in [0.1, 0.15) is 17.5 Å². The summed E-state index contributed by atoms with van der Waals surface area (Å²) in [5.41, 5.74) is 1.36. The standard InChI is InChI=1S/C17H24F3N3O3S.HI/c1-12-3-4-14(15(7-12)26-11-17(18,19)20)9-23-16(21-2)22-8-13-5-6-27(24,25)10-13;/h3-4,7,13H,5-6,8-11H2,1-2H3,(H2,21,22,23);1H. The van der Waals surface area contributed by atoms with E-state index in [1.165, 1.54) is 0 Å². The zero-order valence-electron chi connectivity index (χ0n) is 15.7. The number of hydrogen-bond acceptors (Lipinski definition) is 4. The Hall–Kier alpha value is -1.24. The number of nitrogens with zero attached hydrogens (tertiary/aromatic N) is 1. The van der Waals surface area contributed by atoms with E-state index in [0.717, 1.165) is 5.56 Å². The Bertz CT molecular complexity index is 786. The SMILES string of the molecule is CN=C(NCc1ccc(C)cc1OCC(F)(F)F)NCC1CCS(=O)(=O)C1.I. The first-order valence-corrected chi connectivity index (χ1v) is 10.3. The Balaban J connectivity index is 0.00000392. The van der Waals surface area contributed by atoms with Crippen LogP contribution in [-0.2, 0) is 16.4 Å². The fourth-order valence-electron chi connectivity index (χ4n) is 2.78. The Morgan fingerprint density at radius 1 is 1.32 bits per heavy atom.